The Morgan fingerprint density at radius 3 is 2.64 bits per heavy atom. The number of hydrogen-bond acceptors (Lipinski definition) is 3. The van der Waals surface area contributed by atoms with Gasteiger partial charge in [0.05, 0.1) is 11.4 Å². The molecule has 0 aromatic carbocycles. The van der Waals surface area contributed by atoms with Gasteiger partial charge in [-0.1, -0.05) is 26.8 Å². The van der Waals surface area contributed by atoms with Crippen LogP contribution >= 0.6 is 0 Å². The molecule has 2 aromatic rings. The van der Waals surface area contributed by atoms with Crippen molar-refractivity contribution in [1.29, 1.82) is 0 Å². The topological polar surface area (TPSA) is 74.8 Å². The molecule has 0 saturated heterocycles. The molecule has 5 heteroatoms. The molecule has 116 valence electrons. The van der Waals surface area contributed by atoms with Crippen molar-refractivity contribution in [1.82, 2.24) is 15.3 Å². The van der Waals surface area contributed by atoms with Crippen molar-refractivity contribution in [3.8, 4) is 11.4 Å². The van der Waals surface area contributed by atoms with E-state index in [1.807, 2.05) is 45.9 Å². The van der Waals surface area contributed by atoms with E-state index in [2.05, 4.69) is 15.3 Å². The molecule has 0 saturated carbocycles. The van der Waals surface area contributed by atoms with Gasteiger partial charge >= 0.3 is 0 Å². The Morgan fingerprint density at radius 2 is 2.05 bits per heavy atom. The normalized spacial score (nSPS) is 11.3. The van der Waals surface area contributed by atoms with Crippen LogP contribution in [0.25, 0.3) is 11.4 Å². The van der Waals surface area contributed by atoms with Gasteiger partial charge in [-0.05, 0) is 19.1 Å². The molecular weight excluding hydrogens is 278 g/mol. The van der Waals surface area contributed by atoms with Crippen LogP contribution in [0.5, 0.6) is 0 Å². The molecule has 2 aromatic heterocycles. The third-order valence-electron chi connectivity index (χ3n) is 3.30. The molecule has 0 aliphatic heterocycles. The summed E-state index contributed by atoms with van der Waals surface area (Å²) in [5.74, 6) is -0.0977. The van der Waals surface area contributed by atoms with Gasteiger partial charge < -0.3 is 10.3 Å². The summed E-state index contributed by atoms with van der Waals surface area (Å²) in [5, 5.41) is 2.82. The van der Waals surface area contributed by atoms with Crippen LogP contribution in [-0.4, -0.2) is 15.9 Å². The zero-order valence-corrected chi connectivity index (χ0v) is 13.4. The van der Waals surface area contributed by atoms with Crippen LogP contribution in [-0.2, 0) is 11.3 Å². The lowest BCUT2D eigenvalue weighted by atomic mass is 9.95. The number of nitrogens with zero attached hydrogens (tertiary/aromatic N) is 1. The minimum Gasteiger partial charge on any atom is -0.357 e. The van der Waals surface area contributed by atoms with Crippen LogP contribution in [0.3, 0.4) is 0 Å². The van der Waals surface area contributed by atoms with Crippen LogP contribution in [0.15, 0.2) is 35.3 Å². The highest BCUT2D eigenvalue weighted by Gasteiger charge is 2.21. The summed E-state index contributed by atoms with van der Waals surface area (Å²) in [7, 11) is 0. The predicted octanol–water partition coefficient (Wildman–Crippen LogP) is 2.41. The van der Waals surface area contributed by atoms with Gasteiger partial charge in [-0.3, -0.25) is 14.6 Å². The first-order valence-electron chi connectivity index (χ1n) is 7.21. The van der Waals surface area contributed by atoms with Crippen LogP contribution in [0.2, 0.25) is 0 Å². The third-order valence-corrected chi connectivity index (χ3v) is 3.30. The zero-order chi connectivity index (χ0) is 16.3. The summed E-state index contributed by atoms with van der Waals surface area (Å²) in [6, 6.07) is 7.05. The largest absolute Gasteiger partial charge is 0.357 e. The van der Waals surface area contributed by atoms with E-state index in [4.69, 9.17) is 0 Å². The fraction of sp³-hybridized carbons (Fsp3) is 0.353. The number of H-pyrrole nitrogens is 1. The lowest BCUT2D eigenvalue weighted by Gasteiger charge is -2.18. The van der Waals surface area contributed by atoms with Crippen LogP contribution in [0.4, 0.5) is 0 Å². The molecule has 0 atom stereocenters. The Kier molecular flexibility index (Phi) is 4.45. The van der Waals surface area contributed by atoms with E-state index in [9.17, 15) is 9.59 Å². The van der Waals surface area contributed by atoms with Crippen molar-refractivity contribution in [3.63, 3.8) is 0 Å². The SMILES string of the molecule is Cc1cc(=O)c(CNC(=O)C(C)(C)C)c(-c2ccccn2)[nH]1. The van der Waals surface area contributed by atoms with Crippen molar-refractivity contribution in [3.05, 3.63) is 51.9 Å². The van der Waals surface area contributed by atoms with Gasteiger partial charge in [0.15, 0.2) is 5.43 Å². The summed E-state index contributed by atoms with van der Waals surface area (Å²) in [5.41, 5.74) is 2.01. The van der Waals surface area contributed by atoms with Crippen LogP contribution < -0.4 is 10.7 Å². The Bertz CT molecular complexity index is 728. The maximum absolute atomic E-state index is 12.3. The minimum absolute atomic E-state index is 0.0977. The van der Waals surface area contributed by atoms with Gasteiger partial charge in [0.25, 0.3) is 0 Å². The van der Waals surface area contributed by atoms with E-state index >= 15 is 0 Å². The van der Waals surface area contributed by atoms with Crippen molar-refractivity contribution >= 4 is 5.91 Å². The molecule has 2 N–H and O–H groups in total. The van der Waals surface area contributed by atoms with Crippen LogP contribution in [0, 0.1) is 12.3 Å². The third kappa shape index (κ3) is 3.61. The van der Waals surface area contributed by atoms with E-state index in [1.165, 1.54) is 6.07 Å². The highest BCUT2D eigenvalue weighted by molar-refractivity contribution is 5.81. The summed E-state index contributed by atoms with van der Waals surface area (Å²) in [4.78, 5) is 31.8. The number of pyridine rings is 2. The zero-order valence-electron chi connectivity index (χ0n) is 13.4. The predicted molar refractivity (Wildman–Crippen MR) is 86.3 cm³/mol. The van der Waals surface area contributed by atoms with Crippen molar-refractivity contribution in [2.45, 2.75) is 34.2 Å². The van der Waals surface area contributed by atoms with Crippen molar-refractivity contribution in [2.75, 3.05) is 0 Å². The van der Waals surface area contributed by atoms with E-state index in [-0.39, 0.29) is 17.9 Å². The van der Waals surface area contributed by atoms with Crippen LogP contribution in [0.1, 0.15) is 32.0 Å². The van der Waals surface area contributed by atoms with Gasteiger partial charge in [-0.2, -0.15) is 0 Å². The fourth-order valence-electron chi connectivity index (χ4n) is 2.05. The van der Waals surface area contributed by atoms with Gasteiger partial charge in [0, 0.05) is 35.5 Å². The first-order valence-corrected chi connectivity index (χ1v) is 7.21. The van der Waals surface area contributed by atoms with Gasteiger partial charge in [0.1, 0.15) is 0 Å². The summed E-state index contributed by atoms with van der Waals surface area (Å²) in [6.45, 7) is 7.51. The lowest BCUT2D eigenvalue weighted by Crippen LogP contribution is -2.35. The number of carbonyl (C=O) groups is 1. The molecule has 2 rings (SSSR count). The van der Waals surface area contributed by atoms with E-state index in [0.29, 0.717) is 17.0 Å². The first-order chi connectivity index (χ1) is 10.3. The lowest BCUT2D eigenvalue weighted by molar-refractivity contribution is -0.128. The second kappa shape index (κ2) is 6.13. The number of nitrogens with one attached hydrogen (secondary N) is 2. The minimum atomic E-state index is -0.497. The molecular formula is C17H21N3O2. The molecule has 0 bridgehead atoms. The highest BCUT2D eigenvalue weighted by Crippen LogP contribution is 2.18. The molecule has 0 spiro atoms. The molecule has 0 unspecified atom stereocenters. The van der Waals surface area contributed by atoms with E-state index in [1.54, 1.807) is 6.20 Å². The van der Waals surface area contributed by atoms with Crippen molar-refractivity contribution in [2.24, 2.45) is 5.41 Å². The number of aromatic nitrogens is 2. The first kappa shape index (κ1) is 15.9. The molecule has 0 aliphatic carbocycles. The van der Waals surface area contributed by atoms with Gasteiger partial charge in [-0.15, -0.1) is 0 Å². The Morgan fingerprint density at radius 1 is 1.32 bits per heavy atom. The number of rotatable bonds is 3. The molecule has 0 aliphatic rings. The Hall–Kier alpha value is -2.43. The number of hydrogen-bond donors (Lipinski definition) is 2. The smallest absolute Gasteiger partial charge is 0.225 e. The number of carbonyl (C=O) groups excluding carboxylic acids is 1. The average molecular weight is 299 g/mol. The molecule has 0 radical (unpaired) electrons. The quantitative estimate of drug-likeness (QED) is 0.914. The molecule has 2 heterocycles. The van der Waals surface area contributed by atoms with Crippen molar-refractivity contribution < 1.29 is 4.79 Å². The molecule has 0 fully saturated rings. The Labute approximate surface area is 129 Å². The highest BCUT2D eigenvalue weighted by atomic mass is 16.2. The average Bonchev–Trinajstić information content (AvgIpc) is 2.45. The van der Waals surface area contributed by atoms with E-state index in [0.717, 1.165) is 5.69 Å². The second-order valence-electron chi connectivity index (χ2n) is 6.32. The standard InChI is InChI=1S/C17H21N3O2/c1-11-9-14(21)12(10-19-16(22)17(2,3)4)15(20-11)13-7-5-6-8-18-13/h5-9H,10H2,1-4H3,(H,19,22)(H,20,21). The molecule has 1 amide bonds. The van der Waals surface area contributed by atoms with Gasteiger partial charge in [-0.25, -0.2) is 0 Å². The summed E-state index contributed by atoms with van der Waals surface area (Å²) < 4.78 is 0. The Balaban J connectivity index is 2.39. The maximum atomic E-state index is 12.3. The summed E-state index contributed by atoms with van der Waals surface area (Å²) >= 11 is 0. The van der Waals surface area contributed by atoms with Gasteiger partial charge in [0.2, 0.25) is 5.91 Å². The summed E-state index contributed by atoms with van der Waals surface area (Å²) in [6.07, 6.45) is 1.67. The second-order valence-corrected chi connectivity index (χ2v) is 6.32. The number of amides is 1. The maximum Gasteiger partial charge on any atom is 0.225 e. The molecule has 22 heavy (non-hydrogen) atoms. The molecule has 5 nitrogen and oxygen atoms in total. The number of aromatic amines is 1. The monoisotopic (exact) mass is 299 g/mol. The fourth-order valence-corrected chi connectivity index (χ4v) is 2.05. The number of aryl methyl sites for hydroxylation is 1. The van der Waals surface area contributed by atoms with E-state index < -0.39 is 5.41 Å².